The van der Waals surface area contributed by atoms with Gasteiger partial charge in [0.05, 0.1) is 5.69 Å². The van der Waals surface area contributed by atoms with Gasteiger partial charge in [0.2, 0.25) is 11.8 Å². The van der Waals surface area contributed by atoms with Crippen LogP contribution in [0.3, 0.4) is 0 Å². The van der Waals surface area contributed by atoms with Crippen LogP contribution in [-0.2, 0) is 9.59 Å². The second kappa shape index (κ2) is 9.77. The Balaban J connectivity index is 1.89. The average molecular weight is 451 g/mol. The molecule has 2 N–H and O–H groups in total. The van der Waals surface area contributed by atoms with Crippen LogP contribution in [0.1, 0.15) is 37.9 Å². The minimum Gasteiger partial charge on any atom is -0.326 e. The van der Waals surface area contributed by atoms with Crippen LogP contribution in [0.25, 0.3) is 11.3 Å². The number of carbonyl (C=O) groups is 2. The van der Waals surface area contributed by atoms with E-state index in [1.54, 1.807) is 26.0 Å². The van der Waals surface area contributed by atoms with Crippen molar-refractivity contribution in [1.82, 2.24) is 9.78 Å². The Bertz CT molecular complexity index is 1270. The number of hydrogen-bond acceptors (Lipinski definition) is 4. The third-order valence-electron chi connectivity index (χ3n) is 5.33. The van der Waals surface area contributed by atoms with Gasteiger partial charge in [-0.05, 0) is 62.2 Å². The third kappa shape index (κ3) is 5.52. The summed E-state index contributed by atoms with van der Waals surface area (Å²) < 4.78 is 14.4. The summed E-state index contributed by atoms with van der Waals surface area (Å²) in [6.07, 6.45) is 0. The highest BCUT2D eigenvalue weighted by Gasteiger charge is 2.19. The fraction of sp³-hybridized carbons (Fsp3) is 0.280. The lowest BCUT2D eigenvalue weighted by Gasteiger charge is -2.16. The summed E-state index contributed by atoms with van der Waals surface area (Å²) in [6, 6.07) is 11.5. The molecule has 0 aliphatic rings. The van der Waals surface area contributed by atoms with E-state index in [1.807, 2.05) is 32.9 Å². The van der Waals surface area contributed by atoms with Crippen molar-refractivity contribution in [2.75, 3.05) is 10.6 Å². The molecule has 0 spiro atoms. The van der Waals surface area contributed by atoms with E-state index < -0.39 is 23.3 Å². The Morgan fingerprint density at radius 2 is 1.58 bits per heavy atom. The molecule has 0 aliphatic carbocycles. The van der Waals surface area contributed by atoms with Crippen molar-refractivity contribution in [2.45, 2.75) is 40.7 Å². The second-order valence-electron chi connectivity index (χ2n) is 8.30. The molecule has 0 fully saturated rings. The van der Waals surface area contributed by atoms with Gasteiger partial charge in [-0.2, -0.15) is 5.10 Å². The fourth-order valence-electron chi connectivity index (χ4n) is 3.17. The third-order valence-corrected chi connectivity index (χ3v) is 5.33. The maximum Gasteiger partial charge on any atom is 0.267 e. The average Bonchev–Trinajstić information content (AvgIpc) is 2.77. The molecule has 8 heteroatoms. The summed E-state index contributed by atoms with van der Waals surface area (Å²) in [5.74, 6) is -1.12. The molecular weight excluding hydrogens is 423 g/mol. The fourth-order valence-corrected chi connectivity index (χ4v) is 3.17. The Labute approximate surface area is 191 Å². The molecule has 7 nitrogen and oxygen atoms in total. The van der Waals surface area contributed by atoms with Crippen LogP contribution in [0.5, 0.6) is 0 Å². The molecule has 1 heterocycles. The van der Waals surface area contributed by atoms with Gasteiger partial charge in [-0.15, -0.1) is 0 Å². The standard InChI is InChI=1S/C25H27FN4O3/c1-14(2)24(32)28-22-13-18(7-6-15(22)3)21-10-11-23(31)30(29-21)17(5)25(33)27-20-9-8-19(26)12-16(20)4/h6-14,17H,1-5H3,(H,27,33)(H,28,32)/t17-/m0/s1. The van der Waals surface area contributed by atoms with Crippen LogP contribution in [0.15, 0.2) is 53.3 Å². The molecule has 3 rings (SSSR count). The number of rotatable bonds is 6. The molecule has 0 unspecified atom stereocenters. The number of nitrogens with zero attached hydrogens (tertiary/aromatic N) is 2. The predicted molar refractivity (Wildman–Crippen MR) is 127 cm³/mol. The molecule has 1 atom stereocenters. The van der Waals surface area contributed by atoms with Crippen molar-refractivity contribution in [3.8, 4) is 11.3 Å². The van der Waals surface area contributed by atoms with Gasteiger partial charge in [0.25, 0.3) is 5.56 Å². The monoisotopic (exact) mass is 450 g/mol. The Morgan fingerprint density at radius 1 is 0.879 bits per heavy atom. The van der Waals surface area contributed by atoms with E-state index in [-0.39, 0.29) is 11.8 Å². The second-order valence-corrected chi connectivity index (χ2v) is 8.30. The minimum absolute atomic E-state index is 0.102. The molecule has 0 saturated heterocycles. The molecule has 172 valence electrons. The first-order valence-electron chi connectivity index (χ1n) is 10.7. The van der Waals surface area contributed by atoms with Crippen LogP contribution >= 0.6 is 0 Å². The largest absolute Gasteiger partial charge is 0.326 e. The van der Waals surface area contributed by atoms with Gasteiger partial charge in [-0.3, -0.25) is 14.4 Å². The van der Waals surface area contributed by atoms with E-state index in [1.165, 1.54) is 24.3 Å². The van der Waals surface area contributed by atoms with E-state index in [0.29, 0.717) is 28.2 Å². The molecule has 2 amide bonds. The van der Waals surface area contributed by atoms with Crippen molar-refractivity contribution in [3.63, 3.8) is 0 Å². The predicted octanol–water partition coefficient (Wildman–Crippen LogP) is 4.46. The minimum atomic E-state index is -0.910. The normalized spacial score (nSPS) is 11.8. The van der Waals surface area contributed by atoms with Crippen molar-refractivity contribution < 1.29 is 14.0 Å². The Morgan fingerprint density at radius 3 is 2.24 bits per heavy atom. The zero-order chi connectivity index (χ0) is 24.3. The first-order chi connectivity index (χ1) is 15.6. The highest BCUT2D eigenvalue weighted by Crippen LogP contribution is 2.25. The number of nitrogens with one attached hydrogen (secondary N) is 2. The van der Waals surface area contributed by atoms with Crippen LogP contribution in [0, 0.1) is 25.6 Å². The van der Waals surface area contributed by atoms with E-state index in [9.17, 15) is 18.8 Å². The number of aromatic nitrogens is 2. The molecule has 0 bridgehead atoms. The summed E-state index contributed by atoms with van der Waals surface area (Å²) in [7, 11) is 0. The van der Waals surface area contributed by atoms with Crippen molar-refractivity contribution in [3.05, 3.63) is 75.8 Å². The molecule has 1 aromatic heterocycles. The summed E-state index contributed by atoms with van der Waals surface area (Å²) in [5, 5.41) is 10.0. The van der Waals surface area contributed by atoms with Crippen LogP contribution in [0.4, 0.5) is 15.8 Å². The SMILES string of the molecule is Cc1ccc(-c2ccc(=O)n([C@@H](C)C(=O)Nc3ccc(F)cc3C)n2)cc1NC(=O)C(C)C. The first-order valence-corrected chi connectivity index (χ1v) is 10.7. The van der Waals surface area contributed by atoms with E-state index in [0.717, 1.165) is 10.2 Å². The van der Waals surface area contributed by atoms with Gasteiger partial charge in [0.1, 0.15) is 11.9 Å². The highest BCUT2D eigenvalue weighted by atomic mass is 19.1. The number of aryl methyl sites for hydroxylation is 2. The molecule has 33 heavy (non-hydrogen) atoms. The summed E-state index contributed by atoms with van der Waals surface area (Å²) in [4.78, 5) is 37.4. The van der Waals surface area contributed by atoms with Gasteiger partial charge in [-0.1, -0.05) is 26.0 Å². The maximum atomic E-state index is 13.3. The lowest BCUT2D eigenvalue weighted by molar-refractivity contribution is -0.119. The van der Waals surface area contributed by atoms with Crippen molar-refractivity contribution in [1.29, 1.82) is 0 Å². The summed E-state index contributed by atoms with van der Waals surface area (Å²) in [6.45, 7) is 8.76. The quantitative estimate of drug-likeness (QED) is 0.580. The molecule has 0 aliphatic heterocycles. The van der Waals surface area contributed by atoms with Crippen LogP contribution < -0.4 is 16.2 Å². The molecule has 0 radical (unpaired) electrons. The molecule has 0 saturated carbocycles. The maximum absolute atomic E-state index is 13.3. The number of hydrogen-bond donors (Lipinski definition) is 2. The number of benzene rings is 2. The molecule has 2 aromatic carbocycles. The topological polar surface area (TPSA) is 93.1 Å². The number of carbonyl (C=O) groups excluding carboxylic acids is 2. The number of halogens is 1. The zero-order valence-electron chi connectivity index (χ0n) is 19.3. The Kier molecular flexibility index (Phi) is 7.06. The van der Waals surface area contributed by atoms with Crippen molar-refractivity contribution >= 4 is 23.2 Å². The van der Waals surface area contributed by atoms with Gasteiger partial charge in [0, 0.05) is 28.9 Å². The van der Waals surface area contributed by atoms with Crippen LogP contribution in [0.2, 0.25) is 0 Å². The van der Waals surface area contributed by atoms with Crippen LogP contribution in [-0.4, -0.2) is 21.6 Å². The number of amides is 2. The Hall–Kier alpha value is -3.81. The van der Waals surface area contributed by atoms with Crippen molar-refractivity contribution in [2.24, 2.45) is 5.92 Å². The highest BCUT2D eigenvalue weighted by molar-refractivity contribution is 5.94. The lowest BCUT2D eigenvalue weighted by atomic mass is 10.1. The van der Waals surface area contributed by atoms with E-state index >= 15 is 0 Å². The van der Waals surface area contributed by atoms with Gasteiger partial charge in [0.15, 0.2) is 0 Å². The van der Waals surface area contributed by atoms with Gasteiger partial charge >= 0.3 is 0 Å². The summed E-state index contributed by atoms with van der Waals surface area (Å²) in [5.41, 5.74) is 3.31. The summed E-state index contributed by atoms with van der Waals surface area (Å²) >= 11 is 0. The smallest absolute Gasteiger partial charge is 0.267 e. The van der Waals surface area contributed by atoms with Gasteiger partial charge in [-0.25, -0.2) is 9.07 Å². The zero-order valence-corrected chi connectivity index (χ0v) is 19.3. The lowest BCUT2D eigenvalue weighted by Crippen LogP contribution is -2.33. The number of anilines is 2. The van der Waals surface area contributed by atoms with E-state index in [2.05, 4.69) is 15.7 Å². The van der Waals surface area contributed by atoms with E-state index in [4.69, 9.17) is 0 Å². The molecular formula is C25H27FN4O3. The van der Waals surface area contributed by atoms with Gasteiger partial charge < -0.3 is 10.6 Å². The first kappa shape index (κ1) is 23.8. The molecule has 3 aromatic rings.